The van der Waals surface area contributed by atoms with Crippen molar-refractivity contribution in [3.05, 3.63) is 23.6 Å². The minimum atomic E-state index is -1.32. The second-order valence-corrected chi connectivity index (χ2v) is 4.37. The van der Waals surface area contributed by atoms with Gasteiger partial charge in [-0.15, -0.1) is 0 Å². The fourth-order valence-electron chi connectivity index (χ4n) is 1.47. The van der Waals surface area contributed by atoms with E-state index in [0.29, 0.717) is 13.2 Å². The van der Waals surface area contributed by atoms with Gasteiger partial charge in [0.15, 0.2) is 11.6 Å². The Hall–Kier alpha value is -1.69. The zero-order valence-corrected chi connectivity index (χ0v) is 10.7. The molecule has 5 nitrogen and oxygen atoms in total. The summed E-state index contributed by atoms with van der Waals surface area (Å²) in [6, 6.07) is 1.12. The summed E-state index contributed by atoms with van der Waals surface area (Å²) in [5, 5.41) is 11.5. The van der Waals surface area contributed by atoms with Crippen LogP contribution in [0.5, 0.6) is 0 Å². The minimum absolute atomic E-state index is 0.0809. The summed E-state index contributed by atoms with van der Waals surface area (Å²) in [6.07, 6.45) is 1.25. The van der Waals surface area contributed by atoms with E-state index in [4.69, 9.17) is 9.84 Å². The summed E-state index contributed by atoms with van der Waals surface area (Å²) in [4.78, 5) is 14.5. The topological polar surface area (TPSA) is 71.5 Å². The lowest BCUT2D eigenvalue weighted by Gasteiger charge is -2.25. The number of halogens is 1. The smallest absolute Gasteiger partial charge is 0.338 e. The van der Waals surface area contributed by atoms with E-state index in [0.717, 1.165) is 6.07 Å². The van der Waals surface area contributed by atoms with E-state index >= 15 is 0 Å². The summed E-state index contributed by atoms with van der Waals surface area (Å²) in [5.74, 6) is -2.26. The molecule has 1 rings (SSSR count). The van der Waals surface area contributed by atoms with Crippen molar-refractivity contribution in [3.63, 3.8) is 0 Å². The lowest BCUT2D eigenvalue weighted by Crippen LogP contribution is -2.33. The maximum absolute atomic E-state index is 13.7. The first-order valence-electron chi connectivity index (χ1n) is 5.63. The van der Waals surface area contributed by atoms with Crippen LogP contribution in [0, 0.1) is 5.82 Å². The van der Waals surface area contributed by atoms with Crippen molar-refractivity contribution < 1.29 is 19.0 Å². The van der Waals surface area contributed by atoms with Gasteiger partial charge < -0.3 is 15.2 Å². The van der Waals surface area contributed by atoms with Crippen molar-refractivity contribution in [2.24, 2.45) is 0 Å². The number of aromatic carboxylic acids is 1. The minimum Gasteiger partial charge on any atom is -0.478 e. The van der Waals surface area contributed by atoms with Gasteiger partial charge in [0.1, 0.15) is 5.56 Å². The van der Waals surface area contributed by atoms with Crippen molar-refractivity contribution >= 4 is 11.8 Å². The van der Waals surface area contributed by atoms with Gasteiger partial charge >= 0.3 is 5.97 Å². The predicted molar refractivity (Wildman–Crippen MR) is 65.3 cm³/mol. The molecule has 100 valence electrons. The molecule has 1 aromatic rings. The van der Waals surface area contributed by atoms with Gasteiger partial charge in [0.05, 0.1) is 5.60 Å². The van der Waals surface area contributed by atoms with Crippen LogP contribution in [0.3, 0.4) is 0 Å². The van der Waals surface area contributed by atoms with E-state index in [2.05, 4.69) is 10.3 Å². The molecule has 6 heteroatoms. The van der Waals surface area contributed by atoms with Crippen LogP contribution in [0.15, 0.2) is 12.3 Å². The summed E-state index contributed by atoms with van der Waals surface area (Å²) >= 11 is 0. The van der Waals surface area contributed by atoms with E-state index < -0.39 is 23.0 Å². The van der Waals surface area contributed by atoms with Crippen LogP contribution in [-0.2, 0) is 4.74 Å². The molecule has 1 heterocycles. The molecule has 0 saturated heterocycles. The van der Waals surface area contributed by atoms with Crippen LogP contribution < -0.4 is 5.32 Å². The number of carboxylic acid groups (broad SMARTS) is 1. The first-order chi connectivity index (χ1) is 8.37. The number of carboxylic acids is 1. The predicted octanol–water partition coefficient (Wildman–Crippen LogP) is 2.15. The molecule has 0 aliphatic heterocycles. The van der Waals surface area contributed by atoms with Gasteiger partial charge in [-0.1, -0.05) is 0 Å². The van der Waals surface area contributed by atoms with E-state index in [1.165, 1.54) is 6.20 Å². The zero-order chi connectivity index (χ0) is 13.8. The van der Waals surface area contributed by atoms with E-state index in [1.54, 1.807) is 0 Å². The second kappa shape index (κ2) is 5.77. The number of pyridine rings is 1. The number of aromatic nitrogens is 1. The first kappa shape index (κ1) is 14.4. The summed E-state index contributed by atoms with van der Waals surface area (Å²) in [5.41, 5.74) is -0.885. The molecule has 0 spiro atoms. The van der Waals surface area contributed by atoms with Crippen LogP contribution in [0.25, 0.3) is 0 Å². The average Bonchev–Trinajstić information content (AvgIpc) is 2.27. The number of nitrogens with zero attached hydrogens (tertiary/aromatic N) is 1. The van der Waals surface area contributed by atoms with E-state index in [1.807, 2.05) is 20.8 Å². The number of rotatable bonds is 6. The average molecular weight is 256 g/mol. The molecular formula is C12H17FN2O3. The van der Waals surface area contributed by atoms with Crippen LogP contribution in [0.2, 0.25) is 0 Å². The number of carbonyl (C=O) groups is 1. The Morgan fingerprint density at radius 1 is 1.61 bits per heavy atom. The molecule has 1 aromatic heterocycles. The molecule has 0 unspecified atom stereocenters. The Bertz CT molecular complexity index is 435. The molecule has 2 N–H and O–H groups in total. The number of anilines is 1. The Labute approximate surface area is 105 Å². The first-order valence-corrected chi connectivity index (χ1v) is 5.63. The molecule has 0 atom stereocenters. The quantitative estimate of drug-likeness (QED) is 0.816. The highest BCUT2D eigenvalue weighted by Gasteiger charge is 2.20. The maximum atomic E-state index is 13.7. The fraction of sp³-hybridized carbons (Fsp3) is 0.500. The number of hydrogen-bond acceptors (Lipinski definition) is 4. The number of nitrogens with one attached hydrogen (secondary N) is 1. The van der Waals surface area contributed by atoms with Crippen LogP contribution in [0.1, 0.15) is 31.1 Å². The lowest BCUT2D eigenvalue weighted by molar-refractivity contribution is 0.000602. The Morgan fingerprint density at radius 3 is 2.83 bits per heavy atom. The maximum Gasteiger partial charge on any atom is 0.338 e. The van der Waals surface area contributed by atoms with Crippen LogP contribution in [-0.4, -0.2) is 34.8 Å². The van der Waals surface area contributed by atoms with Crippen molar-refractivity contribution in [2.75, 3.05) is 18.5 Å². The molecule has 0 aromatic carbocycles. The van der Waals surface area contributed by atoms with Crippen molar-refractivity contribution in [3.8, 4) is 0 Å². The summed E-state index contributed by atoms with van der Waals surface area (Å²) in [7, 11) is 0. The van der Waals surface area contributed by atoms with Gasteiger partial charge in [0.25, 0.3) is 0 Å². The van der Waals surface area contributed by atoms with Gasteiger partial charge in [-0.25, -0.2) is 14.2 Å². The highest BCUT2D eigenvalue weighted by atomic mass is 19.1. The van der Waals surface area contributed by atoms with Gasteiger partial charge in [0, 0.05) is 19.3 Å². The Morgan fingerprint density at radius 2 is 2.28 bits per heavy atom. The molecule has 0 fully saturated rings. The standard InChI is InChI=1S/C12H17FN2O3/c1-4-18-12(2,3)7-15-10-9(13)8(11(16)17)5-6-14-10/h5-6H,4,7H2,1-3H3,(H,14,15)(H,16,17). The highest BCUT2D eigenvalue weighted by Crippen LogP contribution is 2.17. The molecule has 0 bridgehead atoms. The van der Waals surface area contributed by atoms with Crippen molar-refractivity contribution in [1.29, 1.82) is 0 Å². The molecule has 0 saturated carbocycles. The third-order valence-corrected chi connectivity index (χ3v) is 2.34. The van der Waals surface area contributed by atoms with E-state index in [-0.39, 0.29) is 5.82 Å². The Balaban J connectivity index is 2.80. The fourth-order valence-corrected chi connectivity index (χ4v) is 1.47. The molecule has 0 aliphatic carbocycles. The van der Waals surface area contributed by atoms with E-state index in [9.17, 15) is 9.18 Å². The van der Waals surface area contributed by atoms with Gasteiger partial charge in [-0.2, -0.15) is 0 Å². The van der Waals surface area contributed by atoms with Crippen molar-refractivity contribution in [1.82, 2.24) is 4.98 Å². The van der Waals surface area contributed by atoms with Gasteiger partial charge in [0.2, 0.25) is 0 Å². The molecule has 0 amide bonds. The van der Waals surface area contributed by atoms with Gasteiger partial charge in [-0.3, -0.25) is 0 Å². The lowest BCUT2D eigenvalue weighted by atomic mass is 10.1. The third-order valence-electron chi connectivity index (χ3n) is 2.34. The van der Waals surface area contributed by atoms with Crippen LogP contribution >= 0.6 is 0 Å². The van der Waals surface area contributed by atoms with Crippen LogP contribution in [0.4, 0.5) is 10.2 Å². The Kier molecular flexibility index (Phi) is 4.61. The molecular weight excluding hydrogens is 239 g/mol. The second-order valence-electron chi connectivity index (χ2n) is 4.37. The summed E-state index contributed by atoms with van der Waals surface area (Å²) in [6.45, 7) is 6.43. The van der Waals surface area contributed by atoms with Gasteiger partial charge in [-0.05, 0) is 26.8 Å². The normalized spacial score (nSPS) is 11.3. The number of hydrogen-bond donors (Lipinski definition) is 2. The number of ether oxygens (including phenoxy) is 1. The van der Waals surface area contributed by atoms with Crippen molar-refractivity contribution in [2.45, 2.75) is 26.4 Å². The zero-order valence-electron chi connectivity index (χ0n) is 10.7. The molecule has 18 heavy (non-hydrogen) atoms. The highest BCUT2D eigenvalue weighted by molar-refractivity contribution is 5.88. The molecule has 0 radical (unpaired) electrons. The molecule has 0 aliphatic rings. The SMILES string of the molecule is CCOC(C)(C)CNc1nccc(C(=O)O)c1F. The largest absolute Gasteiger partial charge is 0.478 e. The summed E-state index contributed by atoms with van der Waals surface area (Å²) < 4.78 is 19.2. The third kappa shape index (κ3) is 3.66. The monoisotopic (exact) mass is 256 g/mol.